The van der Waals surface area contributed by atoms with E-state index in [-0.39, 0.29) is 11.3 Å². The summed E-state index contributed by atoms with van der Waals surface area (Å²) in [5, 5.41) is 15.1. The Morgan fingerprint density at radius 1 is 1.53 bits per heavy atom. The number of aryl methyl sites for hydroxylation is 2. The van der Waals surface area contributed by atoms with Crippen LogP contribution in [-0.4, -0.2) is 35.7 Å². The highest BCUT2D eigenvalue weighted by atomic mass is 32.2. The molecule has 1 heterocycles. The number of aromatic nitrogens is 2. The summed E-state index contributed by atoms with van der Waals surface area (Å²) in [5.74, 6) is -1.20. The molecule has 3 N–H and O–H groups in total. The number of carboxylic acids is 1. The Kier molecular flexibility index (Phi) is 3.89. The number of rotatable bonds is 5. The van der Waals surface area contributed by atoms with Crippen molar-refractivity contribution in [3.63, 3.8) is 0 Å². The molecule has 1 atom stereocenters. The van der Waals surface area contributed by atoms with E-state index in [9.17, 15) is 13.2 Å². The Morgan fingerprint density at radius 3 is 2.47 bits per heavy atom. The number of carbonyl (C=O) groups is 1. The van der Waals surface area contributed by atoms with Crippen molar-refractivity contribution < 1.29 is 18.3 Å². The molecule has 0 aromatic carbocycles. The molecule has 1 aromatic rings. The Bertz CT molecular complexity index is 501. The van der Waals surface area contributed by atoms with Gasteiger partial charge in [0.25, 0.3) is 0 Å². The van der Waals surface area contributed by atoms with Crippen molar-refractivity contribution in [1.29, 1.82) is 0 Å². The molecule has 0 radical (unpaired) electrons. The van der Waals surface area contributed by atoms with Gasteiger partial charge in [0.2, 0.25) is 10.0 Å². The molecule has 0 fully saturated rings. The summed E-state index contributed by atoms with van der Waals surface area (Å²) in [4.78, 5) is 10.8. The van der Waals surface area contributed by atoms with Crippen molar-refractivity contribution in [1.82, 2.24) is 14.9 Å². The number of H-pyrrole nitrogens is 1. The van der Waals surface area contributed by atoms with Crippen LogP contribution in [0.5, 0.6) is 0 Å². The molecule has 1 aromatic heterocycles. The standard InChI is InChI=1S/C9H15N3O4S/c1-4-7(9(13)14)12-17(15,16)8-5(2)10-11-6(8)3/h7,12H,4H2,1-3H3,(H,10,11)(H,13,14). The van der Waals surface area contributed by atoms with Crippen molar-refractivity contribution in [2.45, 2.75) is 38.1 Å². The van der Waals surface area contributed by atoms with Gasteiger partial charge in [-0.1, -0.05) is 6.92 Å². The second-order valence-electron chi connectivity index (χ2n) is 3.68. The van der Waals surface area contributed by atoms with E-state index in [1.807, 2.05) is 0 Å². The Labute approximate surface area is 99.3 Å². The highest BCUT2D eigenvalue weighted by molar-refractivity contribution is 7.89. The molecule has 0 aliphatic rings. The van der Waals surface area contributed by atoms with Gasteiger partial charge in [0, 0.05) is 0 Å². The Balaban J connectivity index is 3.09. The van der Waals surface area contributed by atoms with E-state index in [0.717, 1.165) is 0 Å². The lowest BCUT2D eigenvalue weighted by atomic mass is 10.2. The van der Waals surface area contributed by atoms with Gasteiger partial charge in [-0.15, -0.1) is 0 Å². The molecule has 0 aliphatic carbocycles. The number of aromatic amines is 1. The minimum atomic E-state index is -3.86. The van der Waals surface area contributed by atoms with Crippen molar-refractivity contribution in [3.8, 4) is 0 Å². The zero-order valence-corrected chi connectivity index (χ0v) is 10.6. The summed E-state index contributed by atoms with van der Waals surface area (Å²) in [6.45, 7) is 4.70. The fraction of sp³-hybridized carbons (Fsp3) is 0.556. The third-order valence-corrected chi connectivity index (χ3v) is 4.07. The molecular formula is C9H15N3O4S. The molecule has 96 valence electrons. The van der Waals surface area contributed by atoms with Crippen LogP contribution >= 0.6 is 0 Å². The molecule has 0 amide bonds. The van der Waals surface area contributed by atoms with Crippen LogP contribution in [0.3, 0.4) is 0 Å². The summed E-state index contributed by atoms with van der Waals surface area (Å²) in [7, 11) is -3.86. The van der Waals surface area contributed by atoms with Gasteiger partial charge >= 0.3 is 5.97 Å². The second kappa shape index (κ2) is 4.84. The number of hydrogen-bond acceptors (Lipinski definition) is 4. The Hall–Kier alpha value is -1.41. The third-order valence-electron chi connectivity index (χ3n) is 2.33. The van der Waals surface area contributed by atoms with Gasteiger partial charge < -0.3 is 5.11 Å². The first-order chi connectivity index (χ1) is 7.79. The number of sulfonamides is 1. The molecule has 0 saturated carbocycles. The normalized spacial score (nSPS) is 13.6. The lowest BCUT2D eigenvalue weighted by molar-refractivity contribution is -0.139. The van der Waals surface area contributed by atoms with E-state index in [1.54, 1.807) is 20.8 Å². The number of carboxylic acid groups (broad SMARTS) is 1. The predicted molar refractivity (Wildman–Crippen MR) is 60.1 cm³/mol. The monoisotopic (exact) mass is 261 g/mol. The van der Waals surface area contributed by atoms with Gasteiger partial charge in [0.1, 0.15) is 10.9 Å². The number of nitrogens with one attached hydrogen (secondary N) is 2. The summed E-state index contributed by atoms with van der Waals surface area (Å²) < 4.78 is 26.1. The largest absolute Gasteiger partial charge is 0.480 e. The molecule has 1 unspecified atom stereocenters. The van der Waals surface area contributed by atoms with Crippen LogP contribution in [0.2, 0.25) is 0 Å². The topological polar surface area (TPSA) is 112 Å². The quantitative estimate of drug-likeness (QED) is 0.699. The summed E-state index contributed by atoms with van der Waals surface area (Å²) >= 11 is 0. The zero-order chi connectivity index (χ0) is 13.2. The fourth-order valence-electron chi connectivity index (χ4n) is 1.49. The smallest absolute Gasteiger partial charge is 0.321 e. The Morgan fingerprint density at radius 2 is 2.12 bits per heavy atom. The van der Waals surface area contributed by atoms with E-state index in [4.69, 9.17) is 5.11 Å². The second-order valence-corrected chi connectivity index (χ2v) is 5.33. The summed E-state index contributed by atoms with van der Waals surface area (Å²) in [6.07, 6.45) is 0.171. The number of nitrogens with zero attached hydrogens (tertiary/aromatic N) is 1. The van der Waals surface area contributed by atoms with Gasteiger partial charge in [0.05, 0.1) is 11.4 Å². The van der Waals surface area contributed by atoms with Gasteiger partial charge in [0.15, 0.2) is 0 Å². The average molecular weight is 261 g/mol. The molecule has 0 bridgehead atoms. The molecule has 1 rings (SSSR count). The lowest BCUT2D eigenvalue weighted by Gasteiger charge is -2.12. The van der Waals surface area contributed by atoms with E-state index >= 15 is 0 Å². The SMILES string of the molecule is CCC(NS(=O)(=O)c1c(C)n[nH]c1C)C(=O)O. The van der Waals surface area contributed by atoms with Crippen molar-refractivity contribution >= 4 is 16.0 Å². The third kappa shape index (κ3) is 2.83. The molecule has 0 spiro atoms. The minimum Gasteiger partial charge on any atom is -0.480 e. The molecule has 0 aliphatic heterocycles. The number of hydrogen-bond donors (Lipinski definition) is 3. The van der Waals surface area contributed by atoms with E-state index in [2.05, 4.69) is 14.9 Å². The van der Waals surface area contributed by atoms with Crippen LogP contribution in [-0.2, 0) is 14.8 Å². The van der Waals surface area contributed by atoms with Gasteiger partial charge in [-0.3, -0.25) is 9.89 Å². The first-order valence-electron chi connectivity index (χ1n) is 5.06. The maximum atomic E-state index is 12.0. The molecular weight excluding hydrogens is 246 g/mol. The summed E-state index contributed by atoms with van der Waals surface area (Å²) in [6, 6.07) is -1.13. The van der Waals surface area contributed by atoms with E-state index in [0.29, 0.717) is 11.4 Å². The van der Waals surface area contributed by atoms with Crippen LogP contribution in [0.4, 0.5) is 0 Å². The van der Waals surface area contributed by atoms with Crippen molar-refractivity contribution in [2.75, 3.05) is 0 Å². The molecule has 8 heteroatoms. The van der Waals surface area contributed by atoms with E-state index < -0.39 is 22.0 Å². The average Bonchev–Trinajstić information content (AvgIpc) is 2.55. The molecule has 0 saturated heterocycles. The van der Waals surface area contributed by atoms with Gasteiger partial charge in [-0.05, 0) is 20.3 Å². The van der Waals surface area contributed by atoms with Gasteiger partial charge in [-0.25, -0.2) is 8.42 Å². The molecule has 7 nitrogen and oxygen atoms in total. The predicted octanol–water partition coefficient (Wildman–Crippen LogP) is 0.168. The first kappa shape index (κ1) is 13.7. The lowest BCUT2D eigenvalue weighted by Crippen LogP contribution is -2.40. The fourth-order valence-corrected chi connectivity index (χ4v) is 3.13. The highest BCUT2D eigenvalue weighted by Crippen LogP contribution is 2.17. The number of aliphatic carboxylic acids is 1. The van der Waals surface area contributed by atoms with Crippen molar-refractivity contribution in [2.24, 2.45) is 0 Å². The summed E-state index contributed by atoms with van der Waals surface area (Å²) in [5.41, 5.74) is 0.700. The molecule has 17 heavy (non-hydrogen) atoms. The van der Waals surface area contributed by atoms with Crippen LogP contribution in [0.15, 0.2) is 4.90 Å². The van der Waals surface area contributed by atoms with Crippen molar-refractivity contribution in [3.05, 3.63) is 11.4 Å². The van der Waals surface area contributed by atoms with Crippen LogP contribution in [0, 0.1) is 13.8 Å². The first-order valence-corrected chi connectivity index (χ1v) is 6.54. The maximum absolute atomic E-state index is 12.0. The van der Waals surface area contributed by atoms with Crippen LogP contribution in [0.1, 0.15) is 24.7 Å². The van der Waals surface area contributed by atoms with E-state index in [1.165, 1.54) is 0 Å². The van der Waals surface area contributed by atoms with Gasteiger partial charge in [-0.2, -0.15) is 9.82 Å². The minimum absolute atomic E-state index is 0.0113. The maximum Gasteiger partial charge on any atom is 0.321 e. The zero-order valence-electron chi connectivity index (χ0n) is 9.81. The van der Waals surface area contributed by atoms with Crippen LogP contribution in [0.25, 0.3) is 0 Å². The van der Waals surface area contributed by atoms with Crippen LogP contribution < -0.4 is 4.72 Å². The highest BCUT2D eigenvalue weighted by Gasteiger charge is 2.27.